The van der Waals surface area contributed by atoms with Crippen molar-refractivity contribution >= 4 is 5.91 Å². The molecule has 0 spiro atoms. The average Bonchev–Trinajstić information content (AvgIpc) is 2.40. The quantitative estimate of drug-likeness (QED) is 0.819. The summed E-state index contributed by atoms with van der Waals surface area (Å²) in [5.74, 6) is -0.108. The molecule has 4 heteroatoms. The maximum absolute atomic E-state index is 11.9. The van der Waals surface area contributed by atoms with Crippen molar-refractivity contribution in [3.8, 4) is 0 Å². The van der Waals surface area contributed by atoms with Crippen LogP contribution in [0.25, 0.3) is 0 Å². The van der Waals surface area contributed by atoms with Crippen molar-refractivity contribution in [3.63, 3.8) is 0 Å². The van der Waals surface area contributed by atoms with E-state index in [2.05, 4.69) is 5.32 Å². The van der Waals surface area contributed by atoms with E-state index in [1.54, 1.807) is 0 Å². The van der Waals surface area contributed by atoms with Gasteiger partial charge in [0.2, 0.25) is 5.91 Å². The summed E-state index contributed by atoms with van der Waals surface area (Å²) in [5, 5.41) is 2.97. The molecule has 0 bridgehead atoms. The maximum atomic E-state index is 11.9. The molecule has 2 rings (SSSR count). The van der Waals surface area contributed by atoms with Crippen LogP contribution in [-0.2, 0) is 9.53 Å². The summed E-state index contributed by atoms with van der Waals surface area (Å²) in [6.07, 6.45) is 1.74. The molecular weight excluding hydrogens is 216 g/mol. The molecule has 0 saturated carbocycles. The van der Waals surface area contributed by atoms with Crippen molar-refractivity contribution in [2.75, 3.05) is 13.2 Å². The molecule has 1 fully saturated rings. The molecule has 92 valence electrons. The van der Waals surface area contributed by atoms with Gasteiger partial charge in [-0.1, -0.05) is 30.3 Å². The maximum Gasteiger partial charge on any atom is 0.241 e. The number of benzene rings is 1. The van der Waals surface area contributed by atoms with Crippen molar-refractivity contribution in [1.82, 2.24) is 5.32 Å². The number of nitrogens with one attached hydrogen (secondary N) is 1. The SMILES string of the molecule is NC(C(=O)NC1CCOCC1)c1ccccc1. The second kappa shape index (κ2) is 5.80. The molecule has 1 amide bonds. The predicted octanol–water partition coefficient (Wildman–Crippen LogP) is 0.982. The monoisotopic (exact) mass is 234 g/mol. The molecule has 1 heterocycles. The molecule has 1 saturated heterocycles. The average molecular weight is 234 g/mol. The number of hydrogen-bond acceptors (Lipinski definition) is 3. The minimum Gasteiger partial charge on any atom is -0.381 e. The van der Waals surface area contributed by atoms with Crippen LogP contribution in [0.4, 0.5) is 0 Å². The molecule has 1 aliphatic heterocycles. The number of carbonyl (C=O) groups is 1. The van der Waals surface area contributed by atoms with E-state index in [1.807, 2.05) is 30.3 Å². The van der Waals surface area contributed by atoms with Gasteiger partial charge in [0.15, 0.2) is 0 Å². The Labute approximate surface area is 101 Å². The van der Waals surface area contributed by atoms with E-state index in [0.717, 1.165) is 18.4 Å². The molecule has 1 unspecified atom stereocenters. The van der Waals surface area contributed by atoms with Gasteiger partial charge in [0, 0.05) is 19.3 Å². The molecule has 0 aromatic heterocycles. The summed E-state index contributed by atoms with van der Waals surface area (Å²) in [4.78, 5) is 11.9. The van der Waals surface area contributed by atoms with E-state index in [9.17, 15) is 4.79 Å². The number of hydrogen-bond donors (Lipinski definition) is 2. The van der Waals surface area contributed by atoms with Gasteiger partial charge in [0.25, 0.3) is 0 Å². The van der Waals surface area contributed by atoms with Gasteiger partial charge in [-0.15, -0.1) is 0 Å². The first kappa shape index (κ1) is 12.1. The summed E-state index contributed by atoms with van der Waals surface area (Å²) in [6.45, 7) is 1.43. The Morgan fingerprint density at radius 2 is 1.94 bits per heavy atom. The fraction of sp³-hybridized carbons (Fsp3) is 0.462. The Bertz CT molecular complexity index is 361. The fourth-order valence-corrected chi connectivity index (χ4v) is 1.94. The summed E-state index contributed by atoms with van der Waals surface area (Å²) in [6, 6.07) is 9.04. The van der Waals surface area contributed by atoms with Crippen LogP contribution in [0.2, 0.25) is 0 Å². The molecule has 3 N–H and O–H groups in total. The van der Waals surface area contributed by atoms with Crippen LogP contribution in [0.1, 0.15) is 24.4 Å². The molecule has 0 aliphatic carbocycles. The molecule has 17 heavy (non-hydrogen) atoms. The first-order valence-corrected chi connectivity index (χ1v) is 5.96. The number of carbonyl (C=O) groups excluding carboxylic acids is 1. The second-order valence-electron chi connectivity index (χ2n) is 4.28. The highest BCUT2D eigenvalue weighted by Gasteiger charge is 2.20. The van der Waals surface area contributed by atoms with Crippen molar-refractivity contribution in [3.05, 3.63) is 35.9 Å². The Kier molecular flexibility index (Phi) is 4.12. The minimum absolute atomic E-state index is 0.108. The zero-order valence-corrected chi connectivity index (χ0v) is 9.76. The summed E-state index contributed by atoms with van der Waals surface area (Å²) in [5.41, 5.74) is 6.76. The molecule has 1 aromatic rings. The Morgan fingerprint density at radius 3 is 2.59 bits per heavy atom. The lowest BCUT2D eigenvalue weighted by Crippen LogP contribution is -2.43. The van der Waals surface area contributed by atoms with E-state index in [-0.39, 0.29) is 11.9 Å². The molecule has 1 aliphatic rings. The van der Waals surface area contributed by atoms with E-state index in [1.165, 1.54) is 0 Å². The van der Waals surface area contributed by atoms with E-state index < -0.39 is 6.04 Å². The minimum atomic E-state index is -0.584. The van der Waals surface area contributed by atoms with E-state index in [0.29, 0.717) is 13.2 Å². The van der Waals surface area contributed by atoms with Crippen molar-refractivity contribution < 1.29 is 9.53 Å². The Hall–Kier alpha value is -1.39. The summed E-state index contributed by atoms with van der Waals surface area (Å²) >= 11 is 0. The van der Waals surface area contributed by atoms with Crippen LogP contribution >= 0.6 is 0 Å². The normalized spacial score (nSPS) is 18.6. The number of amides is 1. The fourth-order valence-electron chi connectivity index (χ4n) is 1.94. The van der Waals surface area contributed by atoms with Gasteiger partial charge in [-0.25, -0.2) is 0 Å². The van der Waals surface area contributed by atoms with Crippen LogP contribution in [0.3, 0.4) is 0 Å². The first-order valence-electron chi connectivity index (χ1n) is 5.96. The lowest BCUT2D eigenvalue weighted by molar-refractivity contribution is -0.123. The smallest absolute Gasteiger partial charge is 0.241 e. The van der Waals surface area contributed by atoms with E-state index >= 15 is 0 Å². The predicted molar refractivity (Wildman–Crippen MR) is 65.4 cm³/mol. The number of rotatable bonds is 3. The van der Waals surface area contributed by atoms with Crippen LogP contribution in [0.15, 0.2) is 30.3 Å². The van der Waals surface area contributed by atoms with Crippen LogP contribution in [-0.4, -0.2) is 25.2 Å². The van der Waals surface area contributed by atoms with Gasteiger partial charge in [0.1, 0.15) is 6.04 Å². The van der Waals surface area contributed by atoms with Crippen LogP contribution in [0.5, 0.6) is 0 Å². The largest absolute Gasteiger partial charge is 0.381 e. The zero-order valence-electron chi connectivity index (χ0n) is 9.76. The lowest BCUT2D eigenvalue weighted by Gasteiger charge is -2.24. The third-order valence-electron chi connectivity index (χ3n) is 3.01. The zero-order chi connectivity index (χ0) is 12.1. The number of ether oxygens (including phenoxy) is 1. The first-order chi connectivity index (χ1) is 8.27. The molecule has 0 radical (unpaired) electrons. The van der Waals surface area contributed by atoms with Crippen LogP contribution < -0.4 is 11.1 Å². The van der Waals surface area contributed by atoms with Gasteiger partial charge in [-0.3, -0.25) is 4.79 Å². The second-order valence-corrected chi connectivity index (χ2v) is 4.28. The topological polar surface area (TPSA) is 64.4 Å². The third-order valence-corrected chi connectivity index (χ3v) is 3.01. The van der Waals surface area contributed by atoms with Crippen LogP contribution in [0, 0.1) is 0 Å². The summed E-state index contributed by atoms with van der Waals surface area (Å²) < 4.78 is 5.24. The highest BCUT2D eigenvalue weighted by Crippen LogP contribution is 2.12. The lowest BCUT2D eigenvalue weighted by atomic mass is 10.1. The van der Waals surface area contributed by atoms with E-state index in [4.69, 9.17) is 10.5 Å². The van der Waals surface area contributed by atoms with Gasteiger partial charge < -0.3 is 15.8 Å². The van der Waals surface area contributed by atoms with Crippen molar-refractivity contribution in [1.29, 1.82) is 0 Å². The van der Waals surface area contributed by atoms with Gasteiger partial charge in [0.05, 0.1) is 0 Å². The Balaban J connectivity index is 1.91. The highest BCUT2D eigenvalue weighted by atomic mass is 16.5. The molecule has 4 nitrogen and oxygen atoms in total. The van der Waals surface area contributed by atoms with Gasteiger partial charge >= 0.3 is 0 Å². The van der Waals surface area contributed by atoms with Crippen molar-refractivity contribution in [2.45, 2.75) is 24.9 Å². The van der Waals surface area contributed by atoms with Gasteiger partial charge in [-0.05, 0) is 18.4 Å². The molecule has 1 aromatic carbocycles. The standard InChI is InChI=1S/C13H18N2O2/c14-12(10-4-2-1-3-5-10)13(16)15-11-6-8-17-9-7-11/h1-5,11-12H,6-9,14H2,(H,15,16). The number of nitrogens with two attached hydrogens (primary N) is 1. The summed E-state index contributed by atoms with van der Waals surface area (Å²) in [7, 11) is 0. The third kappa shape index (κ3) is 3.28. The highest BCUT2D eigenvalue weighted by molar-refractivity contribution is 5.83. The van der Waals surface area contributed by atoms with Crippen molar-refractivity contribution in [2.24, 2.45) is 5.73 Å². The molecular formula is C13H18N2O2. The Morgan fingerprint density at radius 1 is 1.29 bits per heavy atom. The van der Waals surface area contributed by atoms with Gasteiger partial charge in [-0.2, -0.15) is 0 Å². The molecule has 1 atom stereocenters.